The number of nitrogens with one attached hydrogen (secondary N) is 3. The summed E-state index contributed by atoms with van der Waals surface area (Å²) in [6.45, 7) is 8.61. The van der Waals surface area contributed by atoms with Gasteiger partial charge in [0.15, 0.2) is 11.7 Å². The van der Waals surface area contributed by atoms with Crippen LogP contribution in [-0.2, 0) is 11.3 Å². The molecular weight excluding hydrogens is 330 g/mol. The van der Waals surface area contributed by atoms with E-state index in [9.17, 15) is 4.79 Å². The first-order chi connectivity index (χ1) is 12.6. The Bertz CT molecular complexity index is 576. The van der Waals surface area contributed by atoms with Gasteiger partial charge < -0.3 is 20.5 Å². The maximum Gasteiger partial charge on any atom is 0.220 e. The van der Waals surface area contributed by atoms with E-state index < -0.39 is 0 Å². The van der Waals surface area contributed by atoms with E-state index in [1.165, 1.54) is 25.7 Å². The first kappa shape index (κ1) is 20.3. The summed E-state index contributed by atoms with van der Waals surface area (Å²) in [5, 5.41) is 13.5. The second kappa shape index (κ2) is 10.8. The van der Waals surface area contributed by atoms with Crippen LogP contribution in [0, 0.1) is 5.92 Å². The molecule has 0 aromatic carbocycles. The fourth-order valence-electron chi connectivity index (χ4n) is 3.11. The van der Waals surface area contributed by atoms with E-state index in [1.807, 2.05) is 13.0 Å². The van der Waals surface area contributed by atoms with Gasteiger partial charge in [0.05, 0.1) is 5.69 Å². The minimum Gasteiger partial charge on any atom is -0.359 e. The molecule has 0 unspecified atom stereocenters. The number of aromatic nitrogens is 1. The summed E-state index contributed by atoms with van der Waals surface area (Å²) in [6, 6.07) is 1.95. The molecule has 7 nitrogen and oxygen atoms in total. The van der Waals surface area contributed by atoms with Crippen molar-refractivity contribution in [1.82, 2.24) is 21.1 Å². The maximum atomic E-state index is 11.9. The molecule has 0 radical (unpaired) electrons. The quantitative estimate of drug-likeness (QED) is 0.356. The number of hydrogen-bond acceptors (Lipinski definition) is 4. The fourth-order valence-corrected chi connectivity index (χ4v) is 3.11. The second-order valence-electron chi connectivity index (χ2n) is 7.20. The molecule has 1 aliphatic rings. The van der Waals surface area contributed by atoms with Crippen LogP contribution < -0.4 is 16.0 Å². The van der Waals surface area contributed by atoms with Gasteiger partial charge >= 0.3 is 0 Å². The summed E-state index contributed by atoms with van der Waals surface area (Å²) in [4.78, 5) is 16.4. The van der Waals surface area contributed by atoms with Gasteiger partial charge in [-0.15, -0.1) is 0 Å². The Morgan fingerprint density at radius 2 is 2.00 bits per heavy atom. The zero-order valence-electron chi connectivity index (χ0n) is 16.3. The van der Waals surface area contributed by atoms with Crippen LogP contribution in [0.25, 0.3) is 0 Å². The van der Waals surface area contributed by atoms with Crippen LogP contribution in [0.3, 0.4) is 0 Å². The standard InChI is InChI=1S/C19H33N5O2/c1-4-20-19(23-13-16-12-17(14(2)3)24-26-16)22-10-9-21-18(25)11-15-7-5-6-8-15/h12,14-15H,4-11,13H2,1-3H3,(H,21,25)(H2,20,22,23). The molecule has 7 heteroatoms. The number of aliphatic imine (C=N–C) groups is 1. The van der Waals surface area contributed by atoms with Crippen molar-refractivity contribution in [3.05, 3.63) is 17.5 Å². The smallest absolute Gasteiger partial charge is 0.220 e. The summed E-state index contributed by atoms with van der Waals surface area (Å²) in [6.07, 6.45) is 5.60. The highest BCUT2D eigenvalue weighted by Crippen LogP contribution is 2.27. The summed E-state index contributed by atoms with van der Waals surface area (Å²) in [5.74, 6) is 2.54. The molecule has 1 aliphatic carbocycles. The highest BCUT2D eigenvalue weighted by molar-refractivity contribution is 5.80. The van der Waals surface area contributed by atoms with E-state index in [2.05, 4.69) is 39.9 Å². The minimum absolute atomic E-state index is 0.156. The molecule has 0 atom stereocenters. The monoisotopic (exact) mass is 363 g/mol. The molecule has 1 aromatic rings. The molecule has 3 N–H and O–H groups in total. The van der Waals surface area contributed by atoms with Crippen LogP contribution in [0.1, 0.15) is 70.2 Å². The van der Waals surface area contributed by atoms with Gasteiger partial charge in [-0.05, 0) is 31.6 Å². The molecule has 146 valence electrons. The van der Waals surface area contributed by atoms with Gasteiger partial charge in [-0.25, -0.2) is 4.99 Å². The average molecular weight is 364 g/mol. The van der Waals surface area contributed by atoms with Crippen molar-refractivity contribution >= 4 is 11.9 Å². The zero-order chi connectivity index (χ0) is 18.8. The Hall–Kier alpha value is -2.05. The fraction of sp³-hybridized carbons (Fsp3) is 0.737. The molecule has 1 saturated carbocycles. The summed E-state index contributed by atoms with van der Waals surface area (Å²) in [7, 11) is 0. The Labute approximate surface area is 156 Å². The SMILES string of the molecule is CCNC(=NCc1cc(C(C)C)no1)NCCNC(=O)CC1CCCC1. The Morgan fingerprint density at radius 3 is 2.65 bits per heavy atom. The van der Waals surface area contributed by atoms with E-state index in [0.29, 0.717) is 43.9 Å². The van der Waals surface area contributed by atoms with Crippen molar-refractivity contribution in [3.8, 4) is 0 Å². The number of guanidine groups is 1. The predicted molar refractivity (Wildman–Crippen MR) is 103 cm³/mol. The number of carbonyl (C=O) groups excluding carboxylic acids is 1. The van der Waals surface area contributed by atoms with Crippen LogP contribution in [0.5, 0.6) is 0 Å². The third-order valence-electron chi connectivity index (χ3n) is 4.59. The summed E-state index contributed by atoms with van der Waals surface area (Å²) in [5.41, 5.74) is 0.943. The van der Waals surface area contributed by atoms with Gasteiger partial charge in [0.2, 0.25) is 5.91 Å². The third kappa shape index (κ3) is 7.06. The molecule has 0 saturated heterocycles. The Kier molecular flexibility index (Phi) is 8.44. The number of amides is 1. The van der Waals surface area contributed by atoms with Gasteiger partial charge in [-0.2, -0.15) is 0 Å². The molecule has 2 rings (SSSR count). The van der Waals surface area contributed by atoms with Gasteiger partial charge in [-0.3, -0.25) is 4.79 Å². The summed E-state index contributed by atoms with van der Waals surface area (Å²) >= 11 is 0. The maximum absolute atomic E-state index is 11.9. The molecule has 1 heterocycles. The lowest BCUT2D eigenvalue weighted by Gasteiger charge is -2.12. The molecule has 1 amide bonds. The lowest BCUT2D eigenvalue weighted by atomic mass is 10.0. The largest absolute Gasteiger partial charge is 0.359 e. The van der Waals surface area contributed by atoms with Crippen LogP contribution in [-0.4, -0.2) is 36.7 Å². The first-order valence-electron chi connectivity index (χ1n) is 9.82. The molecule has 0 aliphatic heterocycles. The van der Waals surface area contributed by atoms with Crippen LogP contribution in [0.15, 0.2) is 15.6 Å². The van der Waals surface area contributed by atoms with Crippen LogP contribution >= 0.6 is 0 Å². The van der Waals surface area contributed by atoms with Crippen molar-refractivity contribution < 1.29 is 9.32 Å². The highest BCUT2D eigenvalue weighted by Gasteiger charge is 2.17. The minimum atomic E-state index is 0.156. The lowest BCUT2D eigenvalue weighted by Crippen LogP contribution is -2.41. The van der Waals surface area contributed by atoms with Crippen molar-refractivity contribution in [2.24, 2.45) is 10.9 Å². The molecule has 1 fully saturated rings. The lowest BCUT2D eigenvalue weighted by molar-refractivity contribution is -0.121. The Morgan fingerprint density at radius 1 is 1.27 bits per heavy atom. The van der Waals surface area contributed by atoms with E-state index in [0.717, 1.165) is 18.0 Å². The van der Waals surface area contributed by atoms with Crippen LogP contribution in [0.2, 0.25) is 0 Å². The van der Waals surface area contributed by atoms with Gasteiger partial charge in [0.25, 0.3) is 0 Å². The van der Waals surface area contributed by atoms with Crippen molar-refractivity contribution in [3.63, 3.8) is 0 Å². The van der Waals surface area contributed by atoms with E-state index in [4.69, 9.17) is 4.52 Å². The van der Waals surface area contributed by atoms with E-state index in [1.54, 1.807) is 0 Å². The normalized spacial score (nSPS) is 15.5. The van der Waals surface area contributed by atoms with Crippen molar-refractivity contribution in [2.75, 3.05) is 19.6 Å². The third-order valence-corrected chi connectivity index (χ3v) is 4.59. The van der Waals surface area contributed by atoms with E-state index in [-0.39, 0.29) is 5.91 Å². The van der Waals surface area contributed by atoms with E-state index >= 15 is 0 Å². The molecule has 1 aromatic heterocycles. The average Bonchev–Trinajstić information content (AvgIpc) is 3.28. The van der Waals surface area contributed by atoms with Crippen molar-refractivity contribution in [2.45, 2.75) is 65.3 Å². The molecule has 0 bridgehead atoms. The highest BCUT2D eigenvalue weighted by atomic mass is 16.5. The van der Waals surface area contributed by atoms with Crippen molar-refractivity contribution in [1.29, 1.82) is 0 Å². The second-order valence-corrected chi connectivity index (χ2v) is 7.20. The molecule has 26 heavy (non-hydrogen) atoms. The van der Waals surface area contributed by atoms with Crippen LogP contribution in [0.4, 0.5) is 0 Å². The number of nitrogens with zero attached hydrogens (tertiary/aromatic N) is 2. The van der Waals surface area contributed by atoms with Gasteiger partial charge in [-0.1, -0.05) is 31.8 Å². The number of rotatable bonds is 9. The van der Waals surface area contributed by atoms with Gasteiger partial charge in [0, 0.05) is 32.1 Å². The predicted octanol–water partition coefficient (Wildman–Crippen LogP) is 2.55. The zero-order valence-corrected chi connectivity index (χ0v) is 16.3. The summed E-state index contributed by atoms with van der Waals surface area (Å²) < 4.78 is 5.31. The number of hydrogen-bond donors (Lipinski definition) is 3. The topological polar surface area (TPSA) is 91.6 Å². The Balaban J connectivity index is 1.69. The first-order valence-corrected chi connectivity index (χ1v) is 9.82. The molecule has 0 spiro atoms. The molecular formula is C19H33N5O2. The van der Waals surface area contributed by atoms with Gasteiger partial charge in [0.1, 0.15) is 6.54 Å². The number of carbonyl (C=O) groups is 1.